The molecule has 1 aromatic carbocycles. The van der Waals surface area contributed by atoms with Gasteiger partial charge in [-0.1, -0.05) is 6.07 Å². The van der Waals surface area contributed by atoms with Crippen LogP contribution in [-0.4, -0.2) is 53.2 Å². The Labute approximate surface area is 163 Å². The normalized spacial score (nSPS) is 27.8. The van der Waals surface area contributed by atoms with Crippen LogP contribution >= 0.6 is 0 Å². The lowest BCUT2D eigenvalue weighted by molar-refractivity contribution is -0.136. The SMILES string of the molecule is C[C@H]1NCCC[C@H]1NCc1ccc2c(c1)C(=O)N(C1CCC(=O)NC1=O)C2=O. The monoisotopic (exact) mass is 384 g/mol. The third-order valence-corrected chi connectivity index (χ3v) is 5.83. The van der Waals surface area contributed by atoms with Gasteiger partial charge in [-0.2, -0.15) is 0 Å². The number of benzene rings is 1. The number of carbonyl (C=O) groups excluding carboxylic acids is 4. The second-order valence-electron chi connectivity index (χ2n) is 7.70. The molecule has 0 aromatic heterocycles. The Balaban J connectivity index is 1.49. The molecule has 3 aliphatic rings. The Hall–Kier alpha value is -2.58. The number of amides is 4. The van der Waals surface area contributed by atoms with Gasteiger partial charge >= 0.3 is 0 Å². The number of nitrogens with one attached hydrogen (secondary N) is 3. The lowest BCUT2D eigenvalue weighted by Gasteiger charge is -2.30. The van der Waals surface area contributed by atoms with Crippen LogP contribution in [0.15, 0.2) is 18.2 Å². The van der Waals surface area contributed by atoms with Crippen LogP contribution in [0.5, 0.6) is 0 Å². The maximum Gasteiger partial charge on any atom is 0.262 e. The second-order valence-corrected chi connectivity index (χ2v) is 7.70. The molecule has 28 heavy (non-hydrogen) atoms. The molecule has 148 valence electrons. The van der Waals surface area contributed by atoms with Crippen LogP contribution in [0.1, 0.15) is 58.9 Å². The molecular formula is C20H24N4O4. The molecule has 2 fully saturated rings. The molecule has 0 bridgehead atoms. The summed E-state index contributed by atoms with van der Waals surface area (Å²) in [7, 11) is 0. The molecule has 3 N–H and O–H groups in total. The summed E-state index contributed by atoms with van der Waals surface area (Å²) in [5.74, 6) is -1.91. The van der Waals surface area contributed by atoms with Crippen molar-refractivity contribution < 1.29 is 19.2 Å². The van der Waals surface area contributed by atoms with E-state index in [0.717, 1.165) is 29.8 Å². The molecule has 0 radical (unpaired) electrons. The predicted molar refractivity (Wildman–Crippen MR) is 100 cm³/mol. The van der Waals surface area contributed by atoms with Crippen LogP contribution in [0.3, 0.4) is 0 Å². The van der Waals surface area contributed by atoms with Crippen molar-refractivity contribution in [3.05, 3.63) is 34.9 Å². The molecule has 0 saturated carbocycles. The average molecular weight is 384 g/mol. The second kappa shape index (κ2) is 7.44. The summed E-state index contributed by atoms with van der Waals surface area (Å²) in [6, 6.07) is 5.04. The zero-order valence-corrected chi connectivity index (χ0v) is 15.8. The van der Waals surface area contributed by atoms with Gasteiger partial charge in [-0.25, -0.2) is 0 Å². The number of imide groups is 2. The Morgan fingerprint density at radius 2 is 1.89 bits per heavy atom. The highest BCUT2D eigenvalue weighted by molar-refractivity contribution is 6.23. The smallest absolute Gasteiger partial charge is 0.262 e. The molecule has 1 unspecified atom stereocenters. The molecule has 8 nitrogen and oxygen atoms in total. The first-order valence-corrected chi connectivity index (χ1v) is 9.77. The highest BCUT2D eigenvalue weighted by Crippen LogP contribution is 2.28. The molecule has 2 saturated heterocycles. The van der Waals surface area contributed by atoms with Gasteiger partial charge in [0.15, 0.2) is 0 Å². The largest absolute Gasteiger partial charge is 0.313 e. The first-order chi connectivity index (χ1) is 13.5. The fourth-order valence-corrected chi connectivity index (χ4v) is 4.20. The molecule has 4 amide bonds. The van der Waals surface area contributed by atoms with Crippen LogP contribution in [0.4, 0.5) is 0 Å². The van der Waals surface area contributed by atoms with Gasteiger partial charge in [-0.05, 0) is 50.4 Å². The predicted octanol–water partition coefficient (Wildman–Crippen LogP) is 0.318. The highest BCUT2D eigenvalue weighted by atomic mass is 16.2. The molecule has 3 atom stereocenters. The van der Waals surface area contributed by atoms with Crippen LogP contribution in [0, 0.1) is 0 Å². The van der Waals surface area contributed by atoms with Gasteiger partial charge in [0.05, 0.1) is 11.1 Å². The van der Waals surface area contributed by atoms with Crippen molar-refractivity contribution in [2.75, 3.05) is 6.54 Å². The number of nitrogens with zero attached hydrogens (tertiary/aromatic N) is 1. The number of hydrogen-bond donors (Lipinski definition) is 3. The number of piperidine rings is 2. The Bertz CT molecular complexity index is 853. The molecule has 3 heterocycles. The summed E-state index contributed by atoms with van der Waals surface area (Å²) in [6.07, 6.45) is 2.50. The number of fused-ring (bicyclic) bond motifs is 1. The van der Waals surface area contributed by atoms with E-state index in [1.54, 1.807) is 12.1 Å². The van der Waals surface area contributed by atoms with E-state index in [-0.39, 0.29) is 18.7 Å². The summed E-state index contributed by atoms with van der Waals surface area (Å²) in [6.45, 7) is 3.79. The molecular weight excluding hydrogens is 360 g/mol. The lowest BCUT2D eigenvalue weighted by atomic mass is 9.99. The zero-order valence-electron chi connectivity index (χ0n) is 15.8. The van der Waals surface area contributed by atoms with Gasteiger partial charge in [-0.15, -0.1) is 0 Å². The molecule has 0 aliphatic carbocycles. The van der Waals surface area contributed by atoms with Gasteiger partial charge in [0, 0.05) is 25.0 Å². The summed E-state index contributed by atoms with van der Waals surface area (Å²) < 4.78 is 0. The fraction of sp³-hybridized carbons (Fsp3) is 0.500. The van der Waals surface area contributed by atoms with E-state index < -0.39 is 23.8 Å². The Morgan fingerprint density at radius 1 is 1.11 bits per heavy atom. The fourth-order valence-electron chi connectivity index (χ4n) is 4.20. The highest BCUT2D eigenvalue weighted by Gasteiger charge is 2.44. The summed E-state index contributed by atoms with van der Waals surface area (Å²) >= 11 is 0. The van der Waals surface area contributed by atoms with Crippen LogP contribution in [0.2, 0.25) is 0 Å². The van der Waals surface area contributed by atoms with Crippen molar-refractivity contribution in [3.63, 3.8) is 0 Å². The first kappa shape index (κ1) is 18.8. The van der Waals surface area contributed by atoms with E-state index >= 15 is 0 Å². The molecule has 4 rings (SSSR count). The van der Waals surface area contributed by atoms with Crippen molar-refractivity contribution in [3.8, 4) is 0 Å². The zero-order chi connectivity index (χ0) is 19.8. The quantitative estimate of drug-likeness (QED) is 0.646. The third kappa shape index (κ3) is 3.33. The van der Waals surface area contributed by atoms with Gasteiger partial charge in [0.25, 0.3) is 11.8 Å². The van der Waals surface area contributed by atoms with Crippen LogP contribution in [-0.2, 0) is 16.1 Å². The minimum absolute atomic E-state index is 0.118. The molecule has 0 spiro atoms. The Kier molecular flexibility index (Phi) is 4.99. The van der Waals surface area contributed by atoms with E-state index in [9.17, 15) is 19.2 Å². The van der Waals surface area contributed by atoms with Crippen molar-refractivity contribution >= 4 is 23.6 Å². The van der Waals surface area contributed by atoms with E-state index in [1.807, 2.05) is 6.07 Å². The van der Waals surface area contributed by atoms with Crippen LogP contribution in [0.25, 0.3) is 0 Å². The van der Waals surface area contributed by atoms with Gasteiger partial charge in [0.2, 0.25) is 11.8 Å². The Morgan fingerprint density at radius 3 is 2.64 bits per heavy atom. The van der Waals surface area contributed by atoms with E-state index in [2.05, 4.69) is 22.9 Å². The van der Waals surface area contributed by atoms with Crippen LogP contribution < -0.4 is 16.0 Å². The lowest BCUT2D eigenvalue weighted by Crippen LogP contribution is -2.54. The summed E-state index contributed by atoms with van der Waals surface area (Å²) in [5, 5.41) is 9.17. The molecule has 3 aliphatic heterocycles. The van der Waals surface area contributed by atoms with Gasteiger partial charge in [0.1, 0.15) is 6.04 Å². The number of hydrogen-bond acceptors (Lipinski definition) is 6. The summed E-state index contributed by atoms with van der Waals surface area (Å²) in [4.78, 5) is 50.0. The minimum Gasteiger partial charge on any atom is -0.313 e. The van der Waals surface area contributed by atoms with Gasteiger partial charge in [-0.3, -0.25) is 29.4 Å². The van der Waals surface area contributed by atoms with Crippen molar-refractivity contribution in [1.82, 2.24) is 20.9 Å². The van der Waals surface area contributed by atoms with Gasteiger partial charge < -0.3 is 10.6 Å². The van der Waals surface area contributed by atoms with Crippen molar-refractivity contribution in [2.45, 2.75) is 57.3 Å². The summed E-state index contributed by atoms with van der Waals surface area (Å²) in [5.41, 5.74) is 1.55. The average Bonchev–Trinajstić information content (AvgIpc) is 2.92. The van der Waals surface area contributed by atoms with Crippen molar-refractivity contribution in [1.29, 1.82) is 0 Å². The maximum absolute atomic E-state index is 12.9. The first-order valence-electron chi connectivity index (χ1n) is 9.77. The van der Waals surface area contributed by atoms with E-state index in [4.69, 9.17) is 0 Å². The van der Waals surface area contributed by atoms with Crippen molar-refractivity contribution in [2.24, 2.45) is 0 Å². The minimum atomic E-state index is -0.930. The topological polar surface area (TPSA) is 108 Å². The molecule has 1 aromatic rings. The standard InChI is InChI=1S/C20H24N4O4/c1-11-15(3-2-8-21-11)22-10-12-4-5-13-14(9-12)20(28)24(19(13)27)16-6-7-17(25)23-18(16)26/h4-5,9,11,15-16,21-22H,2-3,6-8,10H2,1H3,(H,23,25,26)/t11-,15-,16?/m1/s1. The number of rotatable bonds is 4. The maximum atomic E-state index is 12.9. The third-order valence-electron chi connectivity index (χ3n) is 5.83. The van der Waals surface area contributed by atoms with E-state index in [0.29, 0.717) is 29.8 Å². The van der Waals surface area contributed by atoms with E-state index in [1.165, 1.54) is 0 Å². The molecule has 8 heteroatoms. The number of carbonyl (C=O) groups is 4.